The van der Waals surface area contributed by atoms with E-state index in [1.807, 2.05) is 13.8 Å². The highest BCUT2D eigenvalue weighted by Crippen LogP contribution is 2.22. The van der Waals surface area contributed by atoms with Crippen LogP contribution in [0, 0.1) is 6.92 Å². The maximum atomic E-state index is 3.40. The molecule has 0 fully saturated rings. The van der Waals surface area contributed by atoms with E-state index < -0.39 is 0 Å². The largest absolute Gasteiger partial charge is 0.359 e. The fourth-order valence-electron chi connectivity index (χ4n) is 2.26. The molecular weight excluding hydrogens is 196 g/mol. The van der Waals surface area contributed by atoms with Crippen molar-refractivity contribution in [2.24, 2.45) is 0 Å². The number of aromatic nitrogens is 1. The predicted molar refractivity (Wildman–Crippen MR) is 71.9 cm³/mol. The molecule has 2 nitrogen and oxygen atoms in total. The van der Waals surface area contributed by atoms with E-state index in [0.717, 1.165) is 19.5 Å². The van der Waals surface area contributed by atoms with E-state index in [9.17, 15) is 0 Å². The van der Waals surface area contributed by atoms with Crippen molar-refractivity contribution in [2.45, 2.75) is 33.7 Å². The first-order chi connectivity index (χ1) is 7.83. The van der Waals surface area contributed by atoms with E-state index >= 15 is 0 Å². The van der Waals surface area contributed by atoms with Gasteiger partial charge in [0.25, 0.3) is 0 Å². The maximum Gasteiger partial charge on any atom is 0.0459 e. The van der Waals surface area contributed by atoms with Gasteiger partial charge in [0.15, 0.2) is 0 Å². The number of benzene rings is 1. The molecule has 0 saturated carbocycles. The van der Waals surface area contributed by atoms with Crippen LogP contribution in [0.15, 0.2) is 18.2 Å². The first-order valence-corrected chi connectivity index (χ1v) is 6.15. The number of nitrogens with one attached hydrogen (secondary N) is 2. The number of rotatable bonds is 0. The molecule has 0 unspecified atom stereocenters. The third-order valence-corrected chi connectivity index (χ3v) is 2.96. The van der Waals surface area contributed by atoms with Crippen molar-refractivity contribution in [2.75, 3.05) is 6.54 Å². The SMILES string of the molecule is CC.Cc1cc2cc3c(cc2[nH]1)CNCC3.[HH]. The van der Waals surface area contributed by atoms with Crippen LogP contribution in [0.1, 0.15) is 32.1 Å². The van der Waals surface area contributed by atoms with Gasteiger partial charge in [-0.15, -0.1) is 0 Å². The number of aryl methyl sites for hydroxylation is 1. The van der Waals surface area contributed by atoms with Gasteiger partial charge < -0.3 is 10.3 Å². The quantitative estimate of drug-likeness (QED) is 0.697. The van der Waals surface area contributed by atoms with Crippen molar-refractivity contribution in [3.05, 3.63) is 35.0 Å². The molecule has 0 atom stereocenters. The van der Waals surface area contributed by atoms with Crippen LogP contribution in [0.2, 0.25) is 0 Å². The molecule has 1 aromatic heterocycles. The maximum absolute atomic E-state index is 3.40. The molecule has 2 heterocycles. The van der Waals surface area contributed by atoms with Crippen molar-refractivity contribution in [3.63, 3.8) is 0 Å². The van der Waals surface area contributed by atoms with Gasteiger partial charge in [-0.2, -0.15) is 0 Å². The molecule has 88 valence electrons. The Hall–Kier alpha value is -1.28. The summed E-state index contributed by atoms with van der Waals surface area (Å²) < 4.78 is 0. The Morgan fingerprint density at radius 3 is 2.75 bits per heavy atom. The summed E-state index contributed by atoms with van der Waals surface area (Å²) in [6, 6.07) is 6.83. The van der Waals surface area contributed by atoms with Crippen LogP contribution in [0.3, 0.4) is 0 Å². The van der Waals surface area contributed by atoms with Gasteiger partial charge in [0, 0.05) is 19.2 Å². The molecule has 3 rings (SSSR count). The van der Waals surface area contributed by atoms with E-state index in [0.29, 0.717) is 0 Å². The van der Waals surface area contributed by atoms with Gasteiger partial charge in [0.1, 0.15) is 0 Å². The second-order valence-corrected chi connectivity index (χ2v) is 4.09. The van der Waals surface area contributed by atoms with Crippen molar-refractivity contribution in [3.8, 4) is 0 Å². The molecule has 1 aliphatic heterocycles. The number of hydrogen-bond acceptors (Lipinski definition) is 1. The molecular formula is C14H22N2. The van der Waals surface area contributed by atoms with E-state index in [2.05, 4.69) is 35.4 Å². The van der Waals surface area contributed by atoms with Gasteiger partial charge >= 0.3 is 0 Å². The van der Waals surface area contributed by atoms with Crippen LogP contribution in [-0.2, 0) is 13.0 Å². The molecule has 0 amide bonds. The smallest absolute Gasteiger partial charge is 0.0459 e. The lowest BCUT2D eigenvalue weighted by Gasteiger charge is -2.16. The molecule has 0 spiro atoms. The van der Waals surface area contributed by atoms with Gasteiger partial charge in [-0.25, -0.2) is 0 Å². The zero-order valence-electron chi connectivity index (χ0n) is 10.4. The van der Waals surface area contributed by atoms with E-state index in [1.54, 1.807) is 0 Å². The van der Waals surface area contributed by atoms with Gasteiger partial charge in [0.2, 0.25) is 0 Å². The fraction of sp³-hybridized carbons (Fsp3) is 0.429. The number of aromatic amines is 1. The molecule has 0 bridgehead atoms. The minimum atomic E-state index is 0. The Kier molecular flexibility index (Phi) is 3.30. The highest BCUT2D eigenvalue weighted by Gasteiger charge is 2.10. The van der Waals surface area contributed by atoms with Crippen LogP contribution in [0.25, 0.3) is 10.9 Å². The monoisotopic (exact) mass is 218 g/mol. The highest BCUT2D eigenvalue weighted by atomic mass is 14.9. The fourth-order valence-corrected chi connectivity index (χ4v) is 2.26. The van der Waals surface area contributed by atoms with Gasteiger partial charge in [-0.3, -0.25) is 0 Å². The second kappa shape index (κ2) is 4.71. The standard InChI is InChI=1S/C12H14N2.C2H6.H2/c1-8-4-10-5-9-2-3-13-7-11(9)6-12(10)14-8;1-2;/h4-6,13-14H,2-3,7H2,1H3;1-2H3;1H. The van der Waals surface area contributed by atoms with E-state index in [4.69, 9.17) is 0 Å². The summed E-state index contributed by atoms with van der Waals surface area (Å²) in [5, 5.41) is 4.75. The van der Waals surface area contributed by atoms with Gasteiger partial charge in [-0.05, 0) is 54.6 Å². The first-order valence-electron chi connectivity index (χ1n) is 6.15. The molecule has 16 heavy (non-hydrogen) atoms. The molecule has 2 N–H and O–H groups in total. The molecule has 2 heteroatoms. The Labute approximate surface area is 98.5 Å². The minimum absolute atomic E-state index is 0. The second-order valence-electron chi connectivity index (χ2n) is 4.09. The Bertz CT molecular complexity index is 445. The average molecular weight is 218 g/mol. The van der Waals surface area contributed by atoms with Gasteiger partial charge in [-0.1, -0.05) is 13.8 Å². The molecule has 0 aliphatic carbocycles. The molecule has 1 aliphatic rings. The highest BCUT2D eigenvalue weighted by molar-refractivity contribution is 5.82. The number of fused-ring (bicyclic) bond motifs is 2. The van der Waals surface area contributed by atoms with Gasteiger partial charge in [0.05, 0.1) is 0 Å². The third kappa shape index (κ3) is 1.98. The molecule has 0 radical (unpaired) electrons. The topological polar surface area (TPSA) is 27.8 Å². The summed E-state index contributed by atoms with van der Waals surface area (Å²) in [6.07, 6.45) is 1.16. The van der Waals surface area contributed by atoms with E-state index in [1.165, 1.54) is 27.7 Å². The minimum Gasteiger partial charge on any atom is -0.359 e. The van der Waals surface area contributed by atoms with Crippen LogP contribution in [-0.4, -0.2) is 11.5 Å². The van der Waals surface area contributed by atoms with Crippen molar-refractivity contribution < 1.29 is 1.43 Å². The Balaban J connectivity index is 0.000000459. The summed E-state index contributed by atoms with van der Waals surface area (Å²) in [6.45, 7) is 8.24. The first kappa shape index (κ1) is 11.2. The predicted octanol–water partition coefficient (Wildman–Crippen LogP) is 3.39. The zero-order chi connectivity index (χ0) is 11.5. The lowest BCUT2D eigenvalue weighted by atomic mass is 9.99. The summed E-state index contributed by atoms with van der Waals surface area (Å²) in [5.41, 5.74) is 5.47. The van der Waals surface area contributed by atoms with Crippen LogP contribution < -0.4 is 5.32 Å². The van der Waals surface area contributed by atoms with Crippen LogP contribution in [0.5, 0.6) is 0 Å². The summed E-state index contributed by atoms with van der Waals surface area (Å²) in [5.74, 6) is 0. The van der Waals surface area contributed by atoms with Crippen molar-refractivity contribution in [1.29, 1.82) is 0 Å². The van der Waals surface area contributed by atoms with Crippen LogP contribution in [0.4, 0.5) is 0 Å². The number of H-pyrrole nitrogens is 1. The number of hydrogen-bond donors (Lipinski definition) is 2. The molecule has 0 saturated heterocycles. The lowest BCUT2D eigenvalue weighted by Crippen LogP contribution is -2.23. The lowest BCUT2D eigenvalue weighted by molar-refractivity contribution is 0.645. The van der Waals surface area contributed by atoms with Crippen LogP contribution >= 0.6 is 0 Å². The van der Waals surface area contributed by atoms with Crippen molar-refractivity contribution in [1.82, 2.24) is 10.3 Å². The summed E-state index contributed by atoms with van der Waals surface area (Å²) >= 11 is 0. The Morgan fingerprint density at radius 2 is 1.94 bits per heavy atom. The van der Waals surface area contributed by atoms with E-state index in [-0.39, 0.29) is 1.43 Å². The molecule has 2 aromatic rings. The average Bonchev–Trinajstić information content (AvgIpc) is 2.67. The summed E-state index contributed by atoms with van der Waals surface area (Å²) in [4.78, 5) is 3.38. The van der Waals surface area contributed by atoms with Crippen molar-refractivity contribution >= 4 is 10.9 Å². The molecule has 1 aromatic carbocycles. The normalized spacial score (nSPS) is 14.2. The third-order valence-electron chi connectivity index (χ3n) is 2.96. The summed E-state index contributed by atoms with van der Waals surface area (Å²) in [7, 11) is 0. The zero-order valence-corrected chi connectivity index (χ0v) is 10.4. The Morgan fingerprint density at radius 1 is 1.12 bits per heavy atom.